The van der Waals surface area contributed by atoms with Crippen LogP contribution in [-0.2, 0) is 4.79 Å². The van der Waals surface area contributed by atoms with Gasteiger partial charge in [0.2, 0.25) is 5.91 Å². The zero-order chi connectivity index (χ0) is 13.7. The second-order valence-corrected chi connectivity index (χ2v) is 6.24. The van der Waals surface area contributed by atoms with E-state index in [-0.39, 0.29) is 11.9 Å². The summed E-state index contributed by atoms with van der Waals surface area (Å²) in [5.74, 6) is 0.0854. The SMILES string of the molecule is Cc1cnc(C(C)NC(=O)CN2CCCNCC2)s1. The lowest BCUT2D eigenvalue weighted by atomic mass is 10.3. The molecule has 1 amide bonds. The van der Waals surface area contributed by atoms with E-state index < -0.39 is 0 Å². The Hall–Kier alpha value is -0.980. The Morgan fingerprint density at radius 1 is 1.58 bits per heavy atom. The first-order valence-electron chi connectivity index (χ1n) is 6.80. The number of carbonyl (C=O) groups is 1. The van der Waals surface area contributed by atoms with Crippen LogP contribution in [0.3, 0.4) is 0 Å². The van der Waals surface area contributed by atoms with Crippen molar-refractivity contribution >= 4 is 17.2 Å². The summed E-state index contributed by atoms with van der Waals surface area (Å²) in [5, 5.41) is 7.34. The van der Waals surface area contributed by atoms with E-state index in [1.54, 1.807) is 11.3 Å². The number of rotatable bonds is 4. The molecule has 6 heteroatoms. The van der Waals surface area contributed by atoms with E-state index in [1.165, 1.54) is 4.88 Å². The Bertz CT molecular complexity index is 413. The summed E-state index contributed by atoms with van der Waals surface area (Å²) in [5.41, 5.74) is 0. The minimum absolute atomic E-state index is 0.00342. The molecule has 1 aliphatic rings. The maximum absolute atomic E-state index is 12.0. The van der Waals surface area contributed by atoms with Crippen molar-refractivity contribution in [1.82, 2.24) is 20.5 Å². The summed E-state index contributed by atoms with van der Waals surface area (Å²) in [7, 11) is 0. The third-order valence-electron chi connectivity index (χ3n) is 3.19. The van der Waals surface area contributed by atoms with Gasteiger partial charge in [-0.1, -0.05) is 0 Å². The zero-order valence-electron chi connectivity index (χ0n) is 11.6. The Labute approximate surface area is 118 Å². The highest BCUT2D eigenvalue weighted by molar-refractivity contribution is 7.11. The van der Waals surface area contributed by atoms with Crippen molar-refractivity contribution in [3.63, 3.8) is 0 Å². The van der Waals surface area contributed by atoms with Crippen LogP contribution in [0.15, 0.2) is 6.20 Å². The van der Waals surface area contributed by atoms with Gasteiger partial charge in [-0.05, 0) is 33.4 Å². The van der Waals surface area contributed by atoms with Gasteiger partial charge in [-0.15, -0.1) is 11.3 Å². The van der Waals surface area contributed by atoms with Crippen LogP contribution >= 0.6 is 11.3 Å². The summed E-state index contributed by atoms with van der Waals surface area (Å²) in [4.78, 5) is 19.7. The van der Waals surface area contributed by atoms with Crippen molar-refractivity contribution in [1.29, 1.82) is 0 Å². The molecule has 2 N–H and O–H groups in total. The van der Waals surface area contributed by atoms with Gasteiger partial charge in [0.25, 0.3) is 0 Å². The van der Waals surface area contributed by atoms with Gasteiger partial charge >= 0.3 is 0 Å². The number of nitrogens with zero attached hydrogens (tertiary/aromatic N) is 2. The lowest BCUT2D eigenvalue weighted by Crippen LogP contribution is -2.39. The average Bonchev–Trinajstić information content (AvgIpc) is 2.64. The molecule has 2 rings (SSSR count). The van der Waals surface area contributed by atoms with Crippen LogP contribution in [0.1, 0.15) is 29.3 Å². The van der Waals surface area contributed by atoms with Crippen LogP contribution in [0.25, 0.3) is 0 Å². The Kier molecular flexibility index (Phi) is 5.30. The van der Waals surface area contributed by atoms with E-state index in [9.17, 15) is 4.79 Å². The molecule has 2 heterocycles. The number of hydrogen-bond acceptors (Lipinski definition) is 5. The molecule has 1 unspecified atom stereocenters. The van der Waals surface area contributed by atoms with Gasteiger partial charge < -0.3 is 10.6 Å². The maximum Gasteiger partial charge on any atom is 0.234 e. The fraction of sp³-hybridized carbons (Fsp3) is 0.692. The second kappa shape index (κ2) is 6.98. The number of nitrogens with one attached hydrogen (secondary N) is 2. The number of hydrogen-bond donors (Lipinski definition) is 2. The topological polar surface area (TPSA) is 57.3 Å². The highest BCUT2D eigenvalue weighted by Crippen LogP contribution is 2.18. The first-order valence-corrected chi connectivity index (χ1v) is 7.61. The number of carbonyl (C=O) groups excluding carboxylic acids is 1. The molecule has 1 saturated heterocycles. The lowest BCUT2D eigenvalue weighted by Gasteiger charge is -2.20. The molecule has 0 saturated carbocycles. The van der Waals surface area contributed by atoms with Crippen LogP contribution in [0.4, 0.5) is 0 Å². The van der Waals surface area contributed by atoms with Crippen LogP contribution in [0.2, 0.25) is 0 Å². The third-order valence-corrected chi connectivity index (χ3v) is 4.28. The molecule has 19 heavy (non-hydrogen) atoms. The summed E-state index contributed by atoms with van der Waals surface area (Å²) in [6, 6.07) is -0.00342. The van der Waals surface area contributed by atoms with Gasteiger partial charge in [0.05, 0.1) is 12.6 Å². The minimum atomic E-state index is -0.00342. The molecule has 106 valence electrons. The summed E-state index contributed by atoms with van der Waals surface area (Å²) >= 11 is 1.64. The molecule has 1 aromatic heterocycles. The zero-order valence-corrected chi connectivity index (χ0v) is 12.4. The molecular weight excluding hydrogens is 260 g/mol. The molecule has 0 spiro atoms. The van der Waals surface area contributed by atoms with Crippen LogP contribution < -0.4 is 10.6 Å². The predicted octanol–water partition coefficient (Wildman–Crippen LogP) is 0.924. The lowest BCUT2D eigenvalue weighted by molar-refractivity contribution is -0.122. The van der Waals surface area contributed by atoms with Gasteiger partial charge in [-0.2, -0.15) is 0 Å². The molecule has 0 radical (unpaired) electrons. The van der Waals surface area contributed by atoms with Gasteiger partial charge in [0.15, 0.2) is 0 Å². The molecule has 0 bridgehead atoms. The molecule has 1 fully saturated rings. The molecule has 5 nitrogen and oxygen atoms in total. The van der Waals surface area contributed by atoms with Gasteiger partial charge in [0, 0.05) is 24.2 Å². The number of aromatic nitrogens is 1. The summed E-state index contributed by atoms with van der Waals surface area (Å²) in [6.45, 7) is 8.45. The van der Waals surface area contributed by atoms with E-state index >= 15 is 0 Å². The van der Waals surface area contributed by atoms with Gasteiger partial charge in [-0.25, -0.2) is 4.98 Å². The molecule has 0 aromatic carbocycles. The van der Waals surface area contributed by atoms with Crippen molar-refractivity contribution in [2.75, 3.05) is 32.7 Å². The first-order chi connectivity index (χ1) is 9.15. The Morgan fingerprint density at radius 2 is 2.42 bits per heavy atom. The van der Waals surface area contributed by atoms with Gasteiger partial charge in [0.1, 0.15) is 5.01 Å². The summed E-state index contributed by atoms with van der Waals surface area (Å²) in [6.07, 6.45) is 2.96. The van der Waals surface area contributed by atoms with Crippen molar-refractivity contribution in [3.8, 4) is 0 Å². The van der Waals surface area contributed by atoms with Crippen molar-refractivity contribution in [3.05, 3.63) is 16.1 Å². The summed E-state index contributed by atoms with van der Waals surface area (Å²) < 4.78 is 0. The average molecular weight is 282 g/mol. The predicted molar refractivity (Wildman–Crippen MR) is 77.3 cm³/mol. The van der Waals surface area contributed by atoms with E-state index in [1.807, 2.05) is 20.0 Å². The largest absolute Gasteiger partial charge is 0.346 e. The minimum Gasteiger partial charge on any atom is -0.346 e. The molecule has 1 atom stereocenters. The van der Waals surface area contributed by atoms with E-state index in [4.69, 9.17) is 0 Å². The highest BCUT2D eigenvalue weighted by Gasteiger charge is 2.16. The third kappa shape index (κ3) is 4.56. The Morgan fingerprint density at radius 3 is 3.16 bits per heavy atom. The number of thiazole rings is 1. The van der Waals surface area contributed by atoms with Crippen molar-refractivity contribution in [2.24, 2.45) is 0 Å². The highest BCUT2D eigenvalue weighted by atomic mass is 32.1. The molecule has 1 aliphatic heterocycles. The second-order valence-electron chi connectivity index (χ2n) is 4.98. The first kappa shape index (κ1) is 14.4. The molecular formula is C13H22N4OS. The fourth-order valence-corrected chi connectivity index (χ4v) is 2.96. The quantitative estimate of drug-likeness (QED) is 0.862. The smallest absolute Gasteiger partial charge is 0.234 e. The van der Waals surface area contributed by atoms with Crippen LogP contribution in [0, 0.1) is 6.92 Å². The monoisotopic (exact) mass is 282 g/mol. The Balaban J connectivity index is 1.80. The van der Waals surface area contributed by atoms with Gasteiger partial charge in [-0.3, -0.25) is 9.69 Å². The maximum atomic E-state index is 12.0. The number of amides is 1. The van der Waals surface area contributed by atoms with Crippen LogP contribution in [-0.4, -0.2) is 48.5 Å². The van der Waals surface area contributed by atoms with E-state index in [2.05, 4.69) is 20.5 Å². The fourth-order valence-electron chi connectivity index (χ4n) is 2.18. The van der Waals surface area contributed by atoms with E-state index in [0.717, 1.165) is 37.6 Å². The standard InChI is InChI=1S/C13H22N4OS/c1-10-8-15-13(19-10)11(2)16-12(18)9-17-6-3-4-14-5-7-17/h8,11,14H,3-7,9H2,1-2H3,(H,16,18). The van der Waals surface area contributed by atoms with Crippen LogP contribution in [0.5, 0.6) is 0 Å². The molecule has 0 aliphatic carbocycles. The molecule has 1 aromatic rings. The normalized spacial score (nSPS) is 18.8. The number of aryl methyl sites for hydroxylation is 1. The van der Waals surface area contributed by atoms with Crippen molar-refractivity contribution in [2.45, 2.75) is 26.3 Å². The van der Waals surface area contributed by atoms with Crippen molar-refractivity contribution < 1.29 is 4.79 Å². The van der Waals surface area contributed by atoms with E-state index in [0.29, 0.717) is 6.54 Å².